The zero-order valence-corrected chi connectivity index (χ0v) is 18.6. The van der Waals surface area contributed by atoms with E-state index in [0.717, 1.165) is 36.4 Å². The molecule has 1 aromatic carbocycles. The minimum Gasteiger partial charge on any atom is -0.379 e. The number of nitrogens with zero attached hydrogens (tertiary/aromatic N) is 3. The predicted molar refractivity (Wildman–Crippen MR) is 119 cm³/mol. The molecular formula is C23H28FN5O4. The molecule has 0 saturated carbocycles. The number of nitrogens with one attached hydrogen (secondary N) is 2. The van der Waals surface area contributed by atoms with Gasteiger partial charge in [0.05, 0.1) is 38.1 Å². The third kappa shape index (κ3) is 5.65. The molecule has 1 saturated heterocycles. The van der Waals surface area contributed by atoms with Crippen LogP contribution in [0.25, 0.3) is 0 Å². The van der Waals surface area contributed by atoms with Crippen molar-refractivity contribution in [1.82, 2.24) is 20.7 Å². The number of aromatic nitrogens is 1. The average molecular weight is 458 g/mol. The number of anilines is 1. The van der Waals surface area contributed by atoms with Crippen LogP contribution in [0.2, 0.25) is 0 Å². The van der Waals surface area contributed by atoms with Crippen molar-refractivity contribution < 1.29 is 23.6 Å². The monoisotopic (exact) mass is 457 g/mol. The average Bonchev–Trinajstić information content (AvgIpc) is 3.19. The topological polar surface area (TPSA) is 96.0 Å². The lowest BCUT2D eigenvalue weighted by molar-refractivity contribution is -0.122. The van der Waals surface area contributed by atoms with Crippen molar-refractivity contribution in [3.05, 3.63) is 59.2 Å². The highest BCUT2D eigenvalue weighted by molar-refractivity contribution is 5.94. The van der Waals surface area contributed by atoms with Gasteiger partial charge in [0, 0.05) is 39.3 Å². The van der Waals surface area contributed by atoms with Gasteiger partial charge in [-0.25, -0.2) is 14.9 Å². The Morgan fingerprint density at radius 1 is 1.24 bits per heavy atom. The van der Waals surface area contributed by atoms with Crippen LogP contribution in [0, 0.1) is 5.82 Å². The fraction of sp³-hybridized carbons (Fsp3) is 0.435. The van der Waals surface area contributed by atoms with E-state index in [0.29, 0.717) is 32.8 Å². The van der Waals surface area contributed by atoms with Crippen molar-refractivity contribution in [3.63, 3.8) is 0 Å². The van der Waals surface area contributed by atoms with Gasteiger partial charge in [-0.2, -0.15) is 0 Å². The smallest absolute Gasteiger partial charge is 0.293 e. The van der Waals surface area contributed by atoms with Gasteiger partial charge in [-0.3, -0.25) is 19.3 Å². The largest absolute Gasteiger partial charge is 0.379 e. The van der Waals surface area contributed by atoms with Gasteiger partial charge in [-0.15, -0.1) is 0 Å². The summed E-state index contributed by atoms with van der Waals surface area (Å²) in [6.45, 7) is 5.36. The minimum atomic E-state index is -0.483. The fourth-order valence-corrected chi connectivity index (χ4v) is 4.16. The summed E-state index contributed by atoms with van der Waals surface area (Å²) in [6.07, 6.45) is 1.60. The number of hydroxylamine groups is 1. The summed E-state index contributed by atoms with van der Waals surface area (Å²) in [7, 11) is 1.35. The summed E-state index contributed by atoms with van der Waals surface area (Å²) in [5.74, 6) is -1.34. The number of halogens is 1. The van der Waals surface area contributed by atoms with Crippen molar-refractivity contribution in [3.8, 4) is 0 Å². The second-order valence-corrected chi connectivity index (χ2v) is 8.07. The van der Waals surface area contributed by atoms with Gasteiger partial charge in [0.15, 0.2) is 0 Å². The van der Waals surface area contributed by atoms with E-state index in [1.807, 2.05) is 4.90 Å². The third-order valence-corrected chi connectivity index (χ3v) is 5.89. The molecule has 9 nitrogen and oxygen atoms in total. The highest BCUT2D eigenvalue weighted by atomic mass is 19.1. The summed E-state index contributed by atoms with van der Waals surface area (Å²) in [5, 5.41) is 3.04. The van der Waals surface area contributed by atoms with Crippen LogP contribution in [-0.4, -0.2) is 74.7 Å². The molecule has 2 amide bonds. The van der Waals surface area contributed by atoms with Gasteiger partial charge in [-0.05, 0) is 29.3 Å². The molecule has 1 fully saturated rings. The molecule has 176 valence electrons. The zero-order chi connectivity index (χ0) is 23.2. The number of pyridine rings is 1. The molecule has 0 spiro atoms. The molecule has 1 aromatic heterocycles. The Morgan fingerprint density at radius 3 is 2.73 bits per heavy atom. The van der Waals surface area contributed by atoms with Crippen LogP contribution in [0.4, 0.5) is 10.1 Å². The lowest BCUT2D eigenvalue weighted by Crippen LogP contribution is -2.42. The first-order chi connectivity index (χ1) is 16.0. The molecule has 2 aliphatic rings. The fourth-order valence-electron chi connectivity index (χ4n) is 4.16. The van der Waals surface area contributed by atoms with E-state index in [1.54, 1.807) is 24.4 Å². The number of rotatable bonds is 8. The Kier molecular flexibility index (Phi) is 7.48. The Bertz CT molecular complexity index is 981. The lowest BCUT2D eigenvalue weighted by atomic mass is 10.0. The van der Waals surface area contributed by atoms with E-state index in [-0.39, 0.29) is 17.4 Å². The maximum atomic E-state index is 13.3. The normalized spacial score (nSPS) is 18.1. The number of amides is 2. The number of benzene rings is 1. The van der Waals surface area contributed by atoms with E-state index in [4.69, 9.17) is 9.57 Å². The third-order valence-electron chi connectivity index (χ3n) is 5.89. The molecule has 33 heavy (non-hydrogen) atoms. The number of fused-ring (bicyclic) bond motifs is 1. The van der Waals surface area contributed by atoms with Crippen LogP contribution in [-0.2, 0) is 20.9 Å². The number of carbonyl (C=O) groups is 2. The van der Waals surface area contributed by atoms with Crippen LogP contribution >= 0.6 is 0 Å². The lowest BCUT2D eigenvalue weighted by Gasteiger charge is -2.26. The van der Waals surface area contributed by atoms with E-state index < -0.39 is 11.8 Å². The Morgan fingerprint density at radius 2 is 2.00 bits per heavy atom. The van der Waals surface area contributed by atoms with E-state index in [2.05, 4.69) is 20.7 Å². The maximum Gasteiger partial charge on any atom is 0.293 e. The van der Waals surface area contributed by atoms with Crippen LogP contribution in [0.5, 0.6) is 0 Å². The van der Waals surface area contributed by atoms with Gasteiger partial charge in [0.1, 0.15) is 11.5 Å². The molecule has 0 aliphatic carbocycles. The first kappa shape index (κ1) is 23.1. The van der Waals surface area contributed by atoms with Crippen molar-refractivity contribution in [2.75, 3.05) is 57.9 Å². The molecule has 2 aromatic rings. The maximum absolute atomic E-state index is 13.3. The van der Waals surface area contributed by atoms with Crippen molar-refractivity contribution in [1.29, 1.82) is 0 Å². The van der Waals surface area contributed by atoms with Gasteiger partial charge in [0.25, 0.3) is 5.91 Å². The minimum absolute atomic E-state index is 0.101. The number of hydrogen-bond acceptors (Lipinski definition) is 7. The first-order valence-electron chi connectivity index (χ1n) is 11.0. The SMILES string of the molecule is CONC(=O)c1cc2c(cn1)N(Cc1ccc(F)cc1)CC2C(=O)NCCN1CCOCC1. The van der Waals surface area contributed by atoms with Crippen LogP contribution in [0.3, 0.4) is 0 Å². The number of carbonyl (C=O) groups excluding carboxylic acids is 2. The molecule has 0 bridgehead atoms. The van der Waals surface area contributed by atoms with Gasteiger partial charge in [0.2, 0.25) is 5.91 Å². The number of hydrogen-bond donors (Lipinski definition) is 2. The summed E-state index contributed by atoms with van der Waals surface area (Å²) in [5.41, 5.74) is 4.86. The van der Waals surface area contributed by atoms with Crippen LogP contribution < -0.4 is 15.7 Å². The van der Waals surface area contributed by atoms with Crippen molar-refractivity contribution >= 4 is 17.5 Å². The van der Waals surface area contributed by atoms with Crippen LogP contribution in [0.1, 0.15) is 27.5 Å². The van der Waals surface area contributed by atoms with Gasteiger partial charge < -0.3 is 15.0 Å². The van der Waals surface area contributed by atoms with E-state index >= 15 is 0 Å². The molecular weight excluding hydrogens is 429 g/mol. The van der Waals surface area contributed by atoms with Gasteiger partial charge >= 0.3 is 0 Å². The summed E-state index contributed by atoms with van der Waals surface area (Å²) < 4.78 is 18.7. The number of ether oxygens (including phenoxy) is 1. The quantitative estimate of drug-likeness (QED) is 0.573. The molecule has 3 heterocycles. The molecule has 1 unspecified atom stereocenters. The zero-order valence-electron chi connectivity index (χ0n) is 18.6. The standard InChI is InChI=1S/C23H28FN5O4/c1-32-27-23(31)20-12-18-19(22(30)25-6-7-28-8-10-33-11-9-28)15-29(21(18)13-26-20)14-16-2-4-17(24)5-3-16/h2-5,12-13,19H,6-11,14-15H2,1H3,(H,25,30)(H,27,31). The molecule has 4 rings (SSSR count). The Hall–Kier alpha value is -3.08. The summed E-state index contributed by atoms with van der Waals surface area (Å²) in [4.78, 5) is 38.6. The molecule has 0 radical (unpaired) electrons. The van der Waals surface area contributed by atoms with Gasteiger partial charge in [-0.1, -0.05) is 12.1 Å². The summed E-state index contributed by atoms with van der Waals surface area (Å²) in [6, 6.07) is 7.91. The molecule has 2 aliphatic heterocycles. The predicted octanol–water partition coefficient (Wildman–Crippen LogP) is 1.06. The highest BCUT2D eigenvalue weighted by Gasteiger charge is 2.35. The highest BCUT2D eigenvalue weighted by Crippen LogP contribution is 2.37. The number of morpholine rings is 1. The molecule has 10 heteroatoms. The summed E-state index contributed by atoms with van der Waals surface area (Å²) >= 11 is 0. The second-order valence-electron chi connectivity index (χ2n) is 8.07. The molecule has 2 N–H and O–H groups in total. The first-order valence-corrected chi connectivity index (χ1v) is 11.0. The second kappa shape index (κ2) is 10.7. The van der Waals surface area contributed by atoms with E-state index in [1.165, 1.54) is 19.2 Å². The Labute approximate surface area is 191 Å². The Balaban J connectivity index is 1.49. The van der Waals surface area contributed by atoms with E-state index in [9.17, 15) is 14.0 Å². The van der Waals surface area contributed by atoms with Crippen molar-refractivity contribution in [2.45, 2.75) is 12.5 Å². The van der Waals surface area contributed by atoms with Crippen LogP contribution in [0.15, 0.2) is 36.5 Å². The molecule has 1 atom stereocenters. The van der Waals surface area contributed by atoms with Crippen molar-refractivity contribution in [2.24, 2.45) is 0 Å².